The van der Waals surface area contributed by atoms with Crippen LogP contribution in [0.15, 0.2) is 60.7 Å². The van der Waals surface area contributed by atoms with Crippen molar-refractivity contribution in [2.45, 2.75) is 27.7 Å². The van der Waals surface area contributed by atoms with E-state index in [0.29, 0.717) is 11.4 Å². The molecule has 0 aliphatic carbocycles. The molecule has 0 unspecified atom stereocenters. The first kappa shape index (κ1) is 20.5. The summed E-state index contributed by atoms with van der Waals surface area (Å²) in [5.41, 5.74) is 6.40. The highest BCUT2D eigenvalue weighted by atomic mass is 19.1. The second-order valence-corrected chi connectivity index (χ2v) is 7.60. The highest BCUT2D eigenvalue weighted by Crippen LogP contribution is 2.25. The quantitative estimate of drug-likeness (QED) is 0.476. The van der Waals surface area contributed by atoms with E-state index < -0.39 is 5.91 Å². The first-order chi connectivity index (χ1) is 14.8. The topological polar surface area (TPSA) is 59.8 Å². The highest BCUT2D eigenvalue weighted by molar-refractivity contribution is 6.02. The lowest BCUT2D eigenvalue weighted by Gasteiger charge is -2.11. The Morgan fingerprint density at radius 2 is 1.52 bits per heavy atom. The van der Waals surface area contributed by atoms with Crippen LogP contribution in [0.25, 0.3) is 17.1 Å². The van der Waals surface area contributed by atoms with Gasteiger partial charge in [-0.3, -0.25) is 4.79 Å². The molecule has 5 nitrogen and oxygen atoms in total. The Bertz CT molecular complexity index is 1280. The Labute approximate surface area is 180 Å². The summed E-state index contributed by atoms with van der Waals surface area (Å²) in [6.45, 7) is 7.96. The van der Waals surface area contributed by atoms with E-state index in [9.17, 15) is 9.18 Å². The van der Waals surface area contributed by atoms with E-state index in [0.717, 1.165) is 33.6 Å². The van der Waals surface area contributed by atoms with Gasteiger partial charge in [0.1, 0.15) is 5.82 Å². The SMILES string of the molecule is Cc1cccc(NC(=O)c2nc(-c3ccc(F)cc3)n(-c3cccc(C)c3C)n2)c1C. The number of nitrogens with zero attached hydrogens (tertiary/aromatic N) is 3. The molecule has 156 valence electrons. The van der Waals surface area contributed by atoms with Crippen LogP contribution < -0.4 is 5.32 Å². The van der Waals surface area contributed by atoms with Crippen LogP contribution in [-0.4, -0.2) is 20.7 Å². The molecule has 1 heterocycles. The van der Waals surface area contributed by atoms with Crippen molar-refractivity contribution in [2.75, 3.05) is 5.32 Å². The van der Waals surface area contributed by atoms with Gasteiger partial charge in [-0.15, -0.1) is 5.10 Å². The maximum Gasteiger partial charge on any atom is 0.295 e. The molecule has 4 rings (SSSR count). The molecule has 1 N–H and O–H groups in total. The number of benzene rings is 3. The third kappa shape index (κ3) is 3.97. The minimum absolute atomic E-state index is 0.0427. The van der Waals surface area contributed by atoms with Crippen LogP contribution in [0.3, 0.4) is 0 Å². The van der Waals surface area contributed by atoms with Crippen molar-refractivity contribution in [1.29, 1.82) is 0 Å². The normalized spacial score (nSPS) is 10.9. The number of carbonyl (C=O) groups excluding carboxylic acids is 1. The van der Waals surface area contributed by atoms with Gasteiger partial charge in [-0.25, -0.2) is 14.1 Å². The number of hydrogen-bond donors (Lipinski definition) is 1. The van der Waals surface area contributed by atoms with Crippen molar-refractivity contribution in [2.24, 2.45) is 0 Å². The molecule has 0 bridgehead atoms. The molecule has 0 saturated heterocycles. The summed E-state index contributed by atoms with van der Waals surface area (Å²) < 4.78 is 15.1. The fraction of sp³-hybridized carbons (Fsp3) is 0.160. The summed E-state index contributed by atoms with van der Waals surface area (Å²) >= 11 is 0. The van der Waals surface area contributed by atoms with Crippen LogP contribution in [0.1, 0.15) is 32.9 Å². The van der Waals surface area contributed by atoms with Crippen molar-refractivity contribution in [3.8, 4) is 17.1 Å². The molecule has 4 aromatic rings. The monoisotopic (exact) mass is 414 g/mol. The molecule has 0 atom stereocenters. The minimum Gasteiger partial charge on any atom is -0.319 e. The molecule has 0 radical (unpaired) electrons. The zero-order chi connectivity index (χ0) is 22.1. The number of aromatic nitrogens is 3. The average molecular weight is 414 g/mol. The molecule has 0 fully saturated rings. The van der Waals surface area contributed by atoms with Gasteiger partial charge in [-0.1, -0.05) is 24.3 Å². The van der Waals surface area contributed by atoms with Gasteiger partial charge in [-0.2, -0.15) is 0 Å². The number of nitrogens with one attached hydrogen (secondary N) is 1. The second kappa shape index (κ2) is 8.14. The van der Waals surface area contributed by atoms with E-state index in [-0.39, 0.29) is 11.6 Å². The van der Waals surface area contributed by atoms with Gasteiger partial charge >= 0.3 is 0 Å². The lowest BCUT2D eigenvalue weighted by atomic mass is 10.1. The van der Waals surface area contributed by atoms with E-state index in [1.807, 2.05) is 64.1 Å². The van der Waals surface area contributed by atoms with Crippen LogP contribution >= 0.6 is 0 Å². The fourth-order valence-electron chi connectivity index (χ4n) is 3.39. The Hall–Kier alpha value is -3.80. The fourth-order valence-corrected chi connectivity index (χ4v) is 3.39. The van der Waals surface area contributed by atoms with Crippen molar-refractivity contribution in [3.63, 3.8) is 0 Å². The zero-order valence-electron chi connectivity index (χ0n) is 17.9. The van der Waals surface area contributed by atoms with Crippen molar-refractivity contribution < 1.29 is 9.18 Å². The smallest absolute Gasteiger partial charge is 0.295 e. The maximum absolute atomic E-state index is 13.5. The average Bonchev–Trinajstić information content (AvgIpc) is 3.19. The molecular formula is C25H23FN4O. The van der Waals surface area contributed by atoms with Crippen LogP contribution in [0, 0.1) is 33.5 Å². The summed E-state index contributed by atoms with van der Waals surface area (Å²) in [5.74, 6) is -0.225. The van der Waals surface area contributed by atoms with E-state index in [4.69, 9.17) is 0 Å². The Morgan fingerprint density at radius 3 is 2.23 bits per heavy atom. The standard InChI is InChI=1S/C25H23FN4O/c1-15-7-5-9-21(17(15)3)27-25(31)23-28-24(19-11-13-20(26)14-12-19)30(29-23)22-10-6-8-16(2)18(22)4/h5-14H,1-4H3,(H,27,31). The van der Waals surface area contributed by atoms with Crippen LogP contribution in [0.2, 0.25) is 0 Å². The minimum atomic E-state index is -0.402. The number of hydrogen-bond acceptors (Lipinski definition) is 3. The van der Waals surface area contributed by atoms with Crippen LogP contribution in [0.5, 0.6) is 0 Å². The molecule has 1 amide bonds. The molecule has 3 aromatic carbocycles. The summed E-state index contributed by atoms with van der Waals surface area (Å²) in [6, 6.07) is 17.6. The van der Waals surface area contributed by atoms with Gasteiger partial charge < -0.3 is 5.32 Å². The van der Waals surface area contributed by atoms with Crippen LogP contribution in [-0.2, 0) is 0 Å². The second-order valence-electron chi connectivity index (χ2n) is 7.60. The third-order valence-corrected chi connectivity index (χ3v) is 5.57. The van der Waals surface area contributed by atoms with Gasteiger partial charge in [0, 0.05) is 11.3 Å². The lowest BCUT2D eigenvalue weighted by Crippen LogP contribution is -2.15. The molecule has 0 aliphatic heterocycles. The van der Waals surface area contributed by atoms with Crippen molar-refractivity contribution in [1.82, 2.24) is 14.8 Å². The zero-order valence-corrected chi connectivity index (χ0v) is 17.9. The lowest BCUT2D eigenvalue weighted by molar-refractivity contribution is 0.101. The molecule has 0 saturated carbocycles. The third-order valence-electron chi connectivity index (χ3n) is 5.57. The van der Waals surface area contributed by atoms with Crippen LogP contribution in [0.4, 0.5) is 10.1 Å². The summed E-state index contributed by atoms with van der Waals surface area (Å²) in [7, 11) is 0. The Morgan fingerprint density at radius 1 is 0.871 bits per heavy atom. The Balaban J connectivity index is 1.81. The number of anilines is 1. The van der Waals surface area contributed by atoms with E-state index in [1.54, 1.807) is 16.8 Å². The predicted molar refractivity (Wildman–Crippen MR) is 120 cm³/mol. The summed E-state index contributed by atoms with van der Waals surface area (Å²) in [5, 5.41) is 7.44. The Kier molecular flexibility index (Phi) is 5.38. The van der Waals surface area contributed by atoms with E-state index >= 15 is 0 Å². The van der Waals surface area contributed by atoms with Gasteiger partial charge in [0.15, 0.2) is 5.82 Å². The largest absolute Gasteiger partial charge is 0.319 e. The van der Waals surface area contributed by atoms with Gasteiger partial charge in [0.2, 0.25) is 5.82 Å². The highest BCUT2D eigenvalue weighted by Gasteiger charge is 2.20. The molecule has 0 spiro atoms. The maximum atomic E-state index is 13.5. The van der Waals surface area contributed by atoms with Gasteiger partial charge in [0.05, 0.1) is 5.69 Å². The summed E-state index contributed by atoms with van der Waals surface area (Å²) in [4.78, 5) is 17.5. The van der Waals surface area contributed by atoms with E-state index in [2.05, 4.69) is 15.4 Å². The van der Waals surface area contributed by atoms with Gasteiger partial charge in [0.25, 0.3) is 5.91 Å². The van der Waals surface area contributed by atoms with Crippen molar-refractivity contribution in [3.05, 3.63) is 94.6 Å². The first-order valence-corrected chi connectivity index (χ1v) is 10.0. The number of rotatable bonds is 4. The number of amides is 1. The predicted octanol–water partition coefficient (Wildman–Crippen LogP) is 5.56. The summed E-state index contributed by atoms with van der Waals surface area (Å²) in [6.07, 6.45) is 0. The van der Waals surface area contributed by atoms with E-state index in [1.165, 1.54) is 12.1 Å². The van der Waals surface area contributed by atoms with Crippen molar-refractivity contribution >= 4 is 11.6 Å². The molecule has 6 heteroatoms. The molecule has 1 aromatic heterocycles. The molecule has 31 heavy (non-hydrogen) atoms. The molecule has 0 aliphatic rings. The number of aryl methyl sites for hydroxylation is 2. The number of halogens is 1. The first-order valence-electron chi connectivity index (χ1n) is 10.0. The number of carbonyl (C=O) groups is 1. The van der Waals surface area contributed by atoms with Gasteiger partial charge in [-0.05, 0) is 86.3 Å². The molecular weight excluding hydrogens is 391 g/mol.